The van der Waals surface area contributed by atoms with Crippen LogP contribution in [0.15, 0.2) is 53.3 Å². The molecule has 168 valence electrons. The predicted molar refractivity (Wildman–Crippen MR) is 127 cm³/mol. The summed E-state index contributed by atoms with van der Waals surface area (Å²) in [5.41, 5.74) is 3.93. The van der Waals surface area contributed by atoms with Gasteiger partial charge in [0.1, 0.15) is 0 Å². The van der Waals surface area contributed by atoms with E-state index in [0.717, 1.165) is 37.1 Å². The third-order valence-corrected chi connectivity index (χ3v) is 6.85. The van der Waals surface area contributed by atoms with E-state index < -0.39 is 0 Å². The van der Waals surface area contributed by atoms with Crippen molar-refractivity contribution in [3.63, 3.8) is 0 Å². The molecule has 4 aromatic rings. The monoisotopic (exact) mass is 442 g/mol. The molecule has 1 atom stereocenters. The van der Waals surface area contributed by atoms with Crippen LogP contribution < -0.4 is 10.9 Å². The second-order valence-electron chi connectivity index (χ2n) is 8.84. The Morgan fingerprint density at radius 3 is 2.79 bits per heavy atom. The third-order valence-electron chi connectivity index (χ3n) is 6.85. The molecule has 4 heterocycles. The van der Waals surface area contributed by atoms with Crippen molar-refractivity contribution >= 4 is 27.7 Å². The summed E-state index contributed by atoms with van der Waals surface area (Å²) in [6.07, 6.45) is 3.31. The predicted octanol–water partition coefficient (Wildman–Crippen LogP) is 3.26. The van der Waals surface area contributed by atoms with Crippen LogP contribution in [0.25, 0.3) is 33.3 Å². The molecule has 1 fully saturated rings. The standard InChI is InChI=1S/C26H26N4O3/c31-23(27-16-17-6-5-15-33-17)12-14-29-22-10-4-2-7-18(22)19-11-13-30-25(24(19)29)28-21-9-3-1-8-20(21)26(30)32/h1-4,7-10,17H,5-6,11-16H2,(H,27,31)/t17-/m0/s1. The van der Waals surface area contributed by atoms with Gasteiger partial charge in [0.25, 0.3) is 5.56 Å². The van der Waals surface area contributed by atoms with E-state index in [2.05, 4.69) is 22.0 Å². The normalized spacial score (nSPS) is 17.3. The molecule has 7 heteroatoms. The molecule has 2 aromatic heterocycles. The minimum atomic E-state index is -0.00707. The first-order chi connectivity index (χ1) is 16.2. The molecular weight excluding hydrogens is 416 g/mol. The molecule has 1 saturated heterocycles. The first-order valence-corrected chi connectivity index (χ1v) is 11.7. The maximum atomic E-state index is 13.2. The molecule has 0 saturated carbocycles. The fraction of sp³-hybridized carbons (Fsp3) is 0.346. The van der Waals surface area contributed by atoms with Crippen molar-refractivity contribution in [1.29, 1.82) is 0 Å². The highest BCUT2D eigenvalue weighted by molar-refractivity contribution is 5.92. The number of rotatable bonds is 5. The summed E-state index contributed by atoms with van der Waals surface area (Å²) in [6, 6.07) is 15.8. The first-order valence-electron chi connectivity index (χ1n) is 11.7. The number of hydrogen-bond donors (Lipinski definition) is 1. The van der Waals surface area contributed by atoms with E-state index >= 15 is 0 Å². The van der Waals surface area contributed by atoms with Crippen molar-refractivity contribution in [2.45, 2.75) is 44.9 Å². The molecule has 0 aliphatic carbocycles. The van der Waals surface area contributed by atoms with Gasteiger partial charge in [0.15, 0.2) is 5.82 Å². The summed E-state index contributed by atoms with van der Waals surface area (Å²) < 4.78 is 9.57. The molecule has 33 heavy (non-hydrogen) atoms. The Morgan fingerprint density at radius 2 is 1.94 bits per heavy atom. The summed E-state index contributed by atoms with van der Waals surface area (Å²) in [6.45, 7) is 2.47. The van der Waals surface area contributed by atoms with Crippen molar-refractivity contribution in [2.75, 3.05) is 13.2 Å². The van der Waals surface area contributed by atoms with Crippen LogP contribution in [0, 0.1) is 0 Å². The second-order valence-corrected chi connectivity index (χ2v) is 8.84. The lowest BCUT2D eigenvalue weighted by Crippen LogP contribution is -2.32. The van der Waals surface area contributed by atoms with Gasteiger partial charge < -0.3 is 14.6 Å². The van der Waals surface area contributed by atoms with E-state index in [4.69, 9.17) is 9.72 Å². The number of nitrogens with one attached hydrogen (secondary N) is 1. The van der Waals surface area contributed by atoms with Crippen molar-refractivity contribution in [3.05, 3.63) is 64.4 Å². The quantitative estimate of drug-likeness (QED) is 0.515. The fourth-order valence-corrected chi connectivity index (χ4v) is 5.23. The molecule has 1 N–H and O–H groups in total. The highest BCUT2D eigenvalue weighted by atomic mass is 16.5. The van der Waals surface area contributed by atoms with Gasteiger partial charge in [-0.1, -0.05) is 30.3 Å². The number of carbonyl (C=O) groups excluding carboxylic acids is 1. The maximum absolute atomic E-state index is 13.2. The van der Waals surface area contributed by atoms with Crippen LogP contribution in [0.2, 0.25) is 0 Å². The molecule has 0 bridgehead atoms. The SMILES string of the molecule is O=C(CCn1c2c(c3ccccc31)CCn1c-2nc2ccccc2c1=O)NC[C@@H]1CCCO1. The van der Waals surface area contributed by atoms with Gasteiger partial charge >= 0.3 is 0 Å². The van der Waals surface area contributed by atoms with Gasteiger partial charge in [-0.2, -0.15) is 0 Å². The van der Waals surface area contributed by atoms with Gasteiger partial charge in [-0.15, -0.1) is 0 Å². The van der Waals surface area contributed by atoms with Crippen molar-refractivity contribution < 1.29 is 9.53 Å². The number of amides is 1. The highest BCUT2D eigenvalue weighted by Crippen LogP contribution is 2.36. The van der Waals surface area contributed by atoms with E-state index in [-0.39, 0.29) is 17.6 Å². The Bertz CT molecular complexity index is 1430. The number of benzene rings is 2. The lowest BCUT2D eigenvalue weighted by molar-refractivity contribution is -0.121. The smallest absolute Gasteiger partial charge is 0.261 e. The van der Waals surface area contributed by atoms with Crippen LogP contribution in [0.4, 0.5) is 0 Å². The molecule has 0 spiro atoms. The van der Waals surface area contributed by atoms with Crippen LogP contribution in [-0.4, -0.2) is 39.3 Å². The zero-order valence-electron chi connectivity index (χ0n) is 18.4. The van der Waals surface area contributed by atoms with Crippen molar-refractivity contribution in [1.82, 2.24) is 19.4 Å². The number of aromatic nitrogens is 3. The Hall–Kier alpha value is -3.45. The number of nitrogens with zero attached hydrogens (tertiary/aromatic N) is 3. The minimum absolute atomic E-state index is 0.00707. The summed E-state index contributed by atoms with van der Waals surface area (Å²) in [7, 11) is 0. The molecule has 7 nitrogen and oxygen atoms in total. The van der Waals surface area contributed by atoms with Gasteiger partial charge in [0.05, 0.1) is 22.7 Å². The Kier molecular flexibility index (Phi) is 4.99. The van der Waals surface area contributed by atoms with Crippen LogP contribution in [0.5, 0.6) is 0 Å². The molecule has 2 aromatic carbocycles. The summed E-state index contributed by atoms with van der Waals surface area (Å²) >= 11 is 0. The van der Waals surface area contributed by atoms with E-state index in [0.29, 0.717) is 42.8 Å². The van der Waals surface area contributed by atoms with Gasteiger partial charge in [0, 0.05) is 43.6 Å². The summed E-state index contributed by atoms with van der Waals surface area (Å²) in [4.78, 5) is 30.8. The first kappa shape index (κ1) is 20.2. The van der Waals surface area contributed by atoms with Gasteiger partial charge in [-0.3, -0.25) is 14.2 Å². The average molecular weight is 443 g/mol. The molecule has 0 radical (unpaired) electrons. The van der Waals surface area contributed by atoms with Crippen LogP contribution in [0.3, 0.4) is 0 Å². The highest BCUT2D eigenvalue weighted by Gasteiger charge is 2.27. The lowest BCUT2D eigenvalue weighted by Gasteiger charge is -2.21. The number of para-hydroxylation sites is 2. The third kappa shape index (κ3) is 3.43. The largest absolute Gasteiger partial charge is 0.376 e. The number of aryl methyl sites for hydroxylation is 2. The number of carbonyl (C=O) groups is 1. The molecule has 6 rings (SSSR count). The fourth-order valence-electron chi connectivity index (χ4n) is 5.23. The molecule has 0 unspecified atom stereocenters. The zero-order chi connectivity index (χ0) is 22.4. The second kappa shape index (κ2) is 8.15. The number of fused-ring (bicyclic) bond motifs is 6. The van der Waals surface area contributed by atoms with Crippen molar-refractivity contribution in [2.24, 2.45) is 0 Å². The average Bonchev–Trinajstić information content (AvgIpc) is 3.48. The van der Waals surface area contributed by atoms with Gasteiger partial charge in [0.2, 0.25) is 5.91 Å². The number of hydrogen-bond acceptors (Lipinski definition) is 4. The molecule has 2 aliphatic rings. The molecule has 2 aliphatic heterocycles. The van der Waals surface area contributed by atoms with Crippen LogP contribution in [0.1, 0.15) is 24.8 Å². The number of ether oxygens (including phenoxy) is 1. The van der Waals surface area contributed by atoms with Crippen LogP contribution in [-0.2, 0) is 29.0 Å². The summed E-state index contributed by atoms with van der Waals surface area (Å²) in [5, 5.41) is 4.83. The maximum Gasteiger partial charge on any atom is 0.261 e. The van der Waals surface area contributed by atoms with Crippen LogP contribution >= 0.6 is 0 Å². The van der Waals surface area contributed by atoms with E-state index in [1.807, 2.05) is 36.4 Å². The zero-order valence-corrected chi connectivity index (χ0v) is 18.4. The van der Waals surface area contributed by atoms with Gasteiger partial charge in [-0.05, 0) is 43.0 Å². The Balaban J connectivity index is 1.39. The lowest BCUT2D eigenvalue weighted by atomic mass is 10.0. The topological polar surface area (TPSA) is 78.2 Å². The summed E-state index contributed by atoms with van der Waals surface area (Å²) in [5.74, 6) is 0.701. The van der Waals surface area contributed by atoms with Crippen molar-refractivity contribution in [3.8, 4) is 11.5 Å². The van der Waals surface area contributed by atoms with E-state index in [9.17, 15) is 9.59 Å². The minimum Gasteiger partial charge on any atom is -0.376 e. The Morgan fingerprint density at radius 1 is 1.12 bits per heavy atom. The Labute approximate surface area is 191 Å². The van der Waals surface area contributed by atoms with E-state index in [1.165, 1.54) is 10.9 Å². The molecule has 1 amide bonds. The van der Waals surface area contributed by atoms with E-state index in [1.54, 1.807) is 4.57 Å². The van der Waals surface area contributed by atoms with Gasteiger partial charge in [-0.25, -0.2) is 4.98 Å². The molecular formula is C26H26N4O3.